The van der Waals surface area contributed by atoms with Gasteiger partial charge in [-0.1, -0.05) is 12.1 Å². The maximum Gasteiger partial charge on any atom is 0.202 e. The molecule has 40 heavy (non-hydrogen) atoms. The van der Waals surface area contributed by atoms with Crippen LogP contribution in [0.25, 0.3) is 0 Å². The van der Waals surface area contributed by atoms with Crippen LogP contribution in [0.15, 0.2) is 18.2 Å². The third kappa shape index (κ3) is 4.20. The molecule has 0 bridgehead atoms. The molecule has 2 aromatic carbocycles. The van der Waals surface area contributed by atoms with Gasteiger partial charge in [0.2, 0.25) is 5.78 Å². The summed E-state index contributed by atoms with van der Waals surface area (Å²) in [4.78, 5) is 41.7. The van der Waals surface area contributed by atoms with Crippen LogP contribution in [0.2, 0.25) is 0 Å². The van der Waals surface area contributed by atoms with Gasteiger partial charge in [0, 0.05) is 42.0 Å². The van der Waals surface area contributed by atoms with Crippen LogP contribution >= 0.6 is 0 Å². The number of benzene rings is 2. The SMILES string of the molecule is COc1cccc2c1C(=O)c1c(O)c3c(c(O)c1C2=O)C[C@@](O)(C(C)=O)C[C@H]3O[C@H]1C[C@@H](N(C)C)[C@H](O)[C@H](C)O1. The van der Waals surface area contributed by atoms with Gasteiger partial charge in [-0.15, -0.1) is 0 Å². The number of carbonyl (C=O) groups is 3. The molecular weight excluding hydrogens is 522 g/mol. The first-order valence-corrected chi connectivity index (χ1v) is 13.1. The third-order valence-electron chi connectivity index (χ3n) is 8.39. The lowest BCUT2D eigenvalue weighted by molar-refractivity contribution is -0.256. The number of likely N-dealkylation sites (N-methyl/N-ethyl adjacent to an activating group) is 1. The van der Waals surface area contributed by atoms with E-state index in [1.54, 1.807) is 21.0 Å². The average molecular weight is 556 g/mol. The normalized spacial score (nSPS) is 29.6. The van der Waals surface area contributed by atoms with Gasteiger partial charge >= 0.3 is 0 Å². The van der Waals surface area contributed by atoms with Gasteiger partial charge < -0.3 is 39.5 Å². The largest absolute Gasteiger partial charge is 0.507 e. The van der Waals surface area contributed by atoms with Crippen molar-refractivity contribution in [2.75, 3.05) is 21.2 Å². The molecule has 0 radical (unpaired) electrons. The summed E-state index contributed by atoms with van der Waals surface area (Å²) in [6, 6.07) is 4.13. The van der Waals surface area contributed by atoms with E-state index in [9.17, 15) is 34.8 Å². The van der Waals surface area contributed by atoms with Crippen LogP contribution in [0, 0.1) is 0 Å². The van der Waals surface area contributed by atoms with Gasteiger partial charge in [-0.2, -0.15) is 0 Å². The van der Waals surface area contributed by atoms with Gasteiger partial charge in [0.1, 0.15) is 22.8 Å². The zero-order chi connectivity index (χ0) is 29.3. The van der Waals surface area contributed by atoms with Crippen molar-refractivity contribution in [2.24, 2.45) is 0 Å². The Kier molecular flexibility index (Phi) is 7.00. The highest BCUT2D eigenvalue weighted by Crippen LogP contribution is 2.52. The lowest BCUT2D eigenvalue weighted by Crippen LogP contribution is -2.54. The van der Waals surface area contributed by atoms with Crippen LogP contribution in [0.3, 0.4) is 0 Å². The van der Waals surface area contributed by atoms with Gasteiger partial charge in [0.05, 0.1) is 42.1 Å². The highest BCUT2D eigenvalue weighted by molar-refractivity contribution is 6.31. The smallest absolute Gasteiger partial charge is 0.202 e. The number of methoxy groups -OCH3 is 1. The molecule has 6 atom stereocenters. The molecule has 1 saturated heterocycles. The summed E-state index contributed by atoms with van der Waals surface area (Å²) in [6.45, 7) is 2.89. The maximum atomic E-state index is 13.7. The number of carbonyl (C=O) groups excluding carboxylic acids is 3. The first-order valence-electron chi connectivity index (χ1n) is 13.1. The Hall–Kier alpha value is -3.35. The summed E-state index contributed by atoms with van der Waals surface area (Å²) in [6.07, 6.45) is -4.02. The molecule has 1 aliphatic heterocycles. The summed E-state index contributed by atoms with van der Waals surface area (Å²) in [5.41, 5.74) is -2.92. The van der Waals surface area contributed by atoms with E-state index in [0.29, 0.717) is 0 Å². The second kappa shape index (κ2) is 9.93. The van der Waals surface area contributed by atoms with Crippen LogP contribution < -0.4 is 4.74 Å². The number of rotatable bonds is 5. The molecule has 0 aromatic heterocycles. The zero-order valence-corrected chi connectivity index (χ0v) is 22.9. The Morgan fingerprint density at radius 2 is 1.77 bits per heavy atom. The number of aromatic hydroxyl groups is 2. The summed E-state index contributed by atoms with van der Waals surface area (Å²) in [5, 5.41) is 44.9. The Labute approximate surface area is 230 Å². The van der Waals surface area contributed by atoms with E-state index in [1.807, 2.05) is 4.90 Å². The summed E-state index contributed by atoms with van der Waals surface area (Å²) >= 11 is 0. The number of aliphatic hydroxyl groups is 2. The second-order valence-corrected chi connectivity index (χ2v) is 11.0. The van der Waals surface area contributed by atoms with Crippen LogP contribution in [0.4, 0.5) is 0 Å². The van der Waals surface area contributed by atoms with Crippen LogP contribution in [-0.4, -0.2) is 94.0 Å². The molecule has 11 heteroatoms. The van der Waals surface area contributed by atoms with Crippen molar-refractivity contribution in [1.82, 2.24) is 4.90 Å². The number of Topliss-reactive ketones (excluding diaryl/α,β-unsaturated/α-hetero) is 1. The first-order chi connectivity index (χ1) is 18.8. The van der Waals surface area contributed by atoms with Crippen molar-refractivity contribution < 1.29 is 49.0 Å². The molecule has 214 valence electrons. The fourth-order valence-corrected chi connectivity index (χ4v) is 6.11. The number of nitrogens with zero attached hydrogens (tertiary/aromatic N) is 1. The van der Waals surface area contributed by atoms with Gasteiger partial charge in [0.15, 0.2) is 17.9 Å². The van der Waals surface area contributed by atoms with Crippen molar-refractivity contribution in [3.63, 3.8) is 0 Å². The van der Waals surface area contributed by atoms with E-state index in [1.165, 1.54) is 32.2 Å². The summed E-state index contributed by atoms with van der Waals surface area (Å²) in [7, 11) is 4.96. The lowest BCUT2D eigenvalue weighted by atomic mass is 9.72. The predicted octanol–water partition coefficient (Wildman–Crippen LogP) is 1.63. The molecule has 0 spiro atoms. The minimum absolute atomic E-state index is 0.00480. The van der Waals surface area contributed by atoms with Gasteiger partial charge in [-0.05, 0) is 34.0 Å². The molecule has 5 rings (SSSR count). The van der Waals surface area contributed by atoms with Crippen molar-refractivity contribution in [2.45, 2.75) is 69.4 Å². The van der Waals surface area contributed by atoms with Crippen LogP contribution in [0.5, 0.6) is 17.2 Å². The minimum Gasteiger partial charge on any atom is -0.507 e. The highest BCUT2D eigenvalue weighted by Gasteiger charge is 2.49. The van der Waals surface area contributed by atoms with E-state index < -0.39 is 76.6 Å². The number of aliphatic hydroxyl groups excluding tert-OH is 1. The topological polar surface area (TPSA) is 163 Å². The Morgan fingerprint density at radius 3 is 2.40 bits per heavy atom. The van der Waals surface area contributed by atoms with Crippen molar-refractivity contribution >= 4 is 17.3 Å². The molecule has 1 fully saturated rings. The average Bonchev–Trinajstić information content (AvgIpc) is 2.90. The van der Waals surface area contributed by atoms with E-state index in [2.05, 4.69) is 0 Å². The molecular formula is C29H33NO10. The van der Waals surface area contributed by atoms with Gasteiger partial charge in [-0.3, -0.25) is 14.4 Å². The summed E-state index contributed by atoms with van der Waals surface area (Å²) < 4.78 is 17.4. The Balaban J connectivity index is 1.66. The third-order valence-corrected chi connectivity index (χ3v) is 8.39. The molecule has 0 amide bonds. The quantitative estimate of drug-likeness (QED) is 0.339. The van der Waals surface area contributed by atoms with Gasteiger partial charge in [0.25, 0.3) is 0 Å². The predicted molar refractivity (Wildman–Crippen MR) is 140 cm³/mol. The number of hydrogen-bond acceptors (Lipinski definition) is 11. The van der Waals surface area contributed by atoms with Crippen molar-refractivity contribution in [1.29, 1.82) is 0 Å². The van der Waals surface area contributed by atoms with Crippen LogP contribution in [-0.2, 0) is 20.7 Å². The number of phenols is 2. The van der Waals surface area contributed by atoms with Crippen molar-refractivity contribution in [3.8, 4) is 17.2 Å². The molecule has 0 unspecified atom stereocenters. The van der Waals surface area contributed by atoms with E-state index in [-0.39, 0.29) is 46.9 Å². The molecule has 11 nitrogen and oxygen atoms in total. The Bertz CT molecular complexity index is 1420. The number of fused-ring (bicyclic) bond motifs is 3. The maximum absolute atomic E-state index is 13.7. The fourth-order valence-electron chi connectivity index (χ4n) is 6.11. The highest BCUT2D eigenvalue weighted by atomic mass is 16.7. The van der Waals surface area contributed by atoms with Gasteiger partial charge in [-0.25, -0.2) is 0 Å². The number of ketones is 3. The minimum atomic E-state index is -1.99. The number of ether oxygens (including phenoxy) is 3. The first kappa shape index (κ1) is 28.2. The molecule has 2 aromatic rings. The van der Waals surface area contributed by atoms with E-state index >= 15 is 0 Å². The zero-order valence-electron chi connectivity index (χ0n) is 22.9. The monoisotopic (exact) mass is 555 g/mol. The van der Waals surface area contributed by atoms with Crippen LogP contribution in [0.1, 0.15) is 75.8 Å². The fraction of sp³-hybridized carbons (Fsp3) is 0.483. The Morgan fingerprint density at radius 1 is 1.10 bits per heavy atom. The molecule has 3 aliphatic rings. The second-order valence-electron chi connectivity index (χ2n) is 11.0. The van der Waals surface area contributed by atoms with E-state index in [4.69, 9.17) is 14.2 Å². The number of hydrogen-bond donors (Lipinski definition) is 4. The lowest BCUT2D eigenvalue weighted by Gasteiger charge is -2.44. The molecule has 1 heterocycles. The van der Waals surface area contributed by atoms with Crippen molar-refractivity contribution in [3.05, 3.63) is 51.6 Å². The molecule has 4 N–H and O–H groups in total. The van der Waals surface area contributed by atoms with E-state index in [0.717, 1.165) is 0 Å². The standard InChI is InChI=1S/C29H33NO10/c1-12-24(32)16(30(3)4)9-19(39-12)40-18-11-29(37,13(2)31)10-15-21(18)28(36)23-22(26(15)34)25(33)14-7-6-8-17(38-5)20(14)27(23)35/h6-8,12,16,18-19,24,32,34,36-37H,9-11H2,1-5H3/t12-,16+,18+,19-,24+,29-/m0/s1. The molecule has 2 aliphatic carbocycles. The molecule has 0 saturated carbocycles. The number of phenolic OH excluding ortho intramolecular Hbond substituents is 2. The summed E-state index contributed by atoms with van der Waals surface area (Å²) in [5.74, 6) is -3.08.